The summed E-state index contributed by atoms with van der Waals surface area (Å²) < 4.78 is 0. The Labute approximate surface area is 202 Å². The molecule has 0 spiro atoms. The van der Waals surface area contributed by atoms with E-state index in [2.05, 4.69) is 23.9 Å². The highest BCUT2D eigenvalue weighted by atomic mass is 35.5. The van der Waals surface area contributed by atoms with Crippen LogP contribution >= 0.6 is 24.8 Å². The minimum Gasteiger partial charge on any atom is -0.481 e. The molecule has 0 radical (unpaired) electrons. The van der Waals surface area contributed by atoms with Gasteiger partial charge in [0.25, 0.3) is 0 Å². The molecule has 32 heavy (non-hydrogen) atoms. The van der Waals surface area contributed by atoms with Crippen LogP contribution in [-0.4, -0.2) is 75.6 Å². The quantitative estimate of drug-likeness (QED) is 0.684. The number of nitrogens with zero attached hydrogens (tertiary/aromatic N) is 5. The lowest BCUT2D eigenvalue weighted by Crippen LogP contribution is -2.41. The fourth-order valence-corrected chi connectivity index (χ4v) is 5.15. The normalized spacial score (nSPS) is 26.1. The molecule has 4 rings (SSSR count). The molecule has 1 N–H and O–H groups in total. The number of rotatable bonds is 5. The van der Waals surface area contributed by atoms with Crippen LogP contribution in [0.4, 0.5) is 10.6 Å². The number of carboxylic acids is 1. The van der Waals surface area contributed by atoms with Crippen molar-refractivity contribution in [2.45, 2.75) is 70.4 Å². The van der Waals surface area contributed by atoms with Gasteiger partial charge in [-0.2, -0.15) is 0 Å². The third kappa shape index (κ3) is 5.83. The number of aliphatic carboxylic acids is 1. The molecule has 180 valence electrons. The zero-order chi connectivity index (χ0) is 21.3. The molecule has 10 heteroatoms. The largest absolute Gasteiger partial charge is 0.481 e. The van der Waals surface area contributed by atoms with E-state index in [0.29, 0.717) is 18.3 Å². The average Bonchev–Trinajstić information content (AvgIpc) is 2.90. The van der Waals surface area contributed by atoms with Crippen molar-refractivity contribution in [2.24, 2.45) is 5.92 Å². The van der Waals surface area contributed by atoms with Gasteiger partial charge in [0.05, 0.1) is 23.6 Å². The van der Waals surface area contributed by atoms with Crippen LogP contribution in [0.2, 0.25) is 0 Å². The van der Waals surface area contributed by atoms with Crippen LogP contribution in [0.15, 0.2) is 6.20 Å². The van der Waals surface area contributed by atoms with Crippen LogP contribution in [0.3, 0.4) is 0 Å². The first-order valence-corrected chi connectivity index (χ1v) is 11.3. The van der Waals surface area contributed by atoms with Crippen LogP contribution in [-0.2, 0) is 17.6 Å². The van der Waals surface area contributed by atoms with Gasteiger partial charge in [-0.3, -0.25) is 14.7 Å². The van der Waals surface area contributed by atoms with Crippen LogP contribution in [0.1, 0.15) is 56.8 Å². The van der Waals surface area contributed by atoms with Gasteiger partial charge in [0.2, 0.25) is 0 Å². The molecular weight excluding hydrogens is 453 g/mol. The Balaban J connectivity index is 0.00000181. The van der Waals surface area contributed by atoms with Crippen LogP contribution in [0.5, 0.6) is 0 Å². The summed E-state index contributed by atoms with van der Waals surface area (Å²) in [6, 6.07) is 0.355. The summed E-state index contributed by atoms with van der Waals surface area (Å²) >= 11 is 0. The van der Waals surface area contributed by atoms with Crippen molar-refractivity contribution in [2.75, 3.05) is 31.6 Å². The number of hydrogen-bond acceptors (Lipinski definition) is 5. The summed E-state index contributed by atoms with van der Waals surface area (Å²) in [5, 5.41) is 8.90. The minimum absolute atomic E-state index is 0. The Morgan fingerprint density at radius 3 is 2.44 bits per heavy atom. The maximum atomic E-state index is 13.3. The van der Waals surface area contributed by atoms with E-state index >= 15 is 0 Å². The summed E-state index contributed by atoms with van der Waals surface area (Å²) in [6.07, 6.45) is 8.45. The fourth-order valence-electron chi connectivity index (χ4n) is 5.15. The minimum atomic E-state index is -0.718. The number of carbonyl (C=O) groups excluding carboxylic acids is 1. The molecule has 3 heterocycles. The molecule has 1 aliphatic carbocycles. The zero-order valence-corrected chi connectivity index (χ0v) is 20.5. The van der Waals surface area contributed by atoms with Crippen molar-refractivity contribution in [1.29, 1.82) is 0 Å². The first-order valence-electron chi connectivity index (χ1n) is 11.3. The maximum Gasteiger partial charge on any atom is 0.326 e. The molecule has 2 amide bonds. The lowest BCUT2D eigenvalue weighted by molar-refractivity contribution is -0.137. The molecular formula is C22H35Cl2N5O3. The van der Waals surface area contributed by atoms with E-state index in [1.807, 2.05) is 9.80 Å². The molecule has 0 bridgehead atoms. The number of carbonyl (C=O) groups is 2. The number of urea groups is 1. The number of anilines is 1. The maximum absolute atomic E-state index is 13.3. The SMILES string of the molecule is CC1CN([C@H]2CC[C@H](CCC(=O)O)CC2)C(=O)N1c1cnc2c(n1)CCN(C)CC2.Cl.Cl. The zero-order valence-electron chi connectivity index (χ0n) is 18.9. The second-order valence-corrected chi connectivity index (χ2v) is 9.19. The van der Waals surface area contributed by atoms with Gasteiger partial charge in [0.1, 0.15) is 0 Å². The number of aromatic nitrogens is 2. The highest BCUT2D eigenvalue weighted by molar-refractivity contribution is 5.94. The van der Waals surface area contributed by atoms with E-state index in [1.54, 1.807) is 6.20 Å². The van der Waals surface area contributed by atoms with E-state index in [0.717, 1.165) is 69.4 Å². The van der Waals surface area contributed by atoms with Crippen LogP contribution < -0.4 is 4.90 Å². The molecule has 1 atom stereocenters. The van der Waals surface area contributed by atoms with Gasteiger partial charge in [-0.15, -0.1) is 24.8 Å². The van der Waals surface area contributed by atoms with E-state index < -0.39 is 5.97 Å². The summed E-state index contributed by atoms with van der Waals surface area (Å²) in [7, 11) is 2.12. The lowest BCUT2D eigenvalue weighted by Gasteiger charge is -2.34. The summed E-state index contributed by atoms with van der Waals surface area (Å²) in [5.41, 5.74) is 2.08. The van der Waals surface area contributed by atoms with Gasteiger partial charge < -0.3 is 14.9 Å². The van der Waals surface area contributed by atoms with E-state index in [1.165, 1.54) is 0 Å². The second kappa shape index (κ2) is 11.5. The number of fused-ring (bicyclic) bond motifs is 1. The smallest absolute Gasteiger partial charge is 0.326 e. The molecule has 2 fully saturated rings. The predicted molar refractivity (Wildman–Crippen MR) is 128 cm³/mol. The van der Waals surface area contributed by atoms with Gasteiger partial charge in [-0.25, -0.2) is 9.78 Å². The Morgan fingerprint density at radius 2 is 1.78 bits per heavy atom. The van der Waals surface area contributed by atoms with Crippen molar-refractivity contribution >= 4 is 42.6 Å². The Kier molecular flexibility index (Phi) is 9.54. The number of carboxylic acid groups (broad SMARTS) is 1. The summed E-state index contributed by atoms with van der Waals surface area (Å²) in [6.45, 7) is 4.75. The van der Waals surface area contributed by atoms with Crippen LogP contribution in [0, 0.1) is 5.92 Å². The predicted octanol–water partition coefficient (Wildman–Crippen LogP) is 3.40. The highest BCUT2D eigenvalue weighted by Crippen LogP contribution is 2.34. The molecule has 1 aromatic rings. The first-order chi connectivity index (χ1) is 14.4. The van der Waals surface area contributed by atoms with Gasteiger partial charge in [0.15, 0.2) is 5.82 Å². The van der Waals surface area contributed by atoms with Crippen molar-refractivity contribution in [3.05, 3.63) is 17.6 Å². The Bertz CT molecular complexity index is 804. The first kappa shape index (κ1) is 26.6. The van der Waals surface area contributed by atoms with E-state index in [4.69, 9.17) is 10.1 Å². The number of hydrogen-bond donors (Lipinski definition) is 1. The van der Waals surface area contributed by atoms with Gasteiger partial charge in [-0.1, -0.05) is 0 Å². The van der Waals surface area contributed by atoms with Crippen molar-refractivity contribution < 1.29 is 14.7 Å². The number of halogens is 2. The lowest BCUT2D eigenvalue weighted by atomic mass is 9.83. The van der Waals surface area contributed by atoms with Crippen molar-refractivity contribution in [3.63, 3.8) is 0 Å². The Morgan fingerprint density at radius 1 is 1.12 bits per heavy atom. The second-order valence-electron chi connectivity index (χ2n) is 9.19. The number of likely N-dealkylation sites (N-methyl/N-ethyl adjacent to an activating group) is 1. The topological polar surface area (TPSA) is 89.9 Å². The average molecular weight is 488 g/mol. The molecule has 0 aromatic carbocycles. The molecule has 8 nitrogen and oxygen atoms in total. The monoisotopic (exact) mass is 487 g/mol. The molecule has 1 unspecified atom stereocenters. The molecule has 1 aromatic heterocycles. The Hall–Kier alpha value is -1.64. The van der Waals surface area contributed by atoms with Crippen molar-refractivity contribution in [3.8, 4) is 0 Å². The van der Waals surface area contributed by atoms with Gasteiger partial charge in [0, 0.05) is 44.9 Å². The fraction of sp³-hybridized carbons (Fsp3) is 0.727. The van der Waals surface area contributed by atoms with Crippen LogP contribution in [0.25, 0.3) is 0 Å². The standard InChI is InChI=1S/C22H33N5O3.2ClH/c1-15-14-26(17-6-3-16(4-7-17)5-8-21(28)29)22(30)27(15)20-13-23-18-9-11-25(2)12-10-19(18)24-20;;/h13,15-17H,3-12,14H2,1-2H3,(H,28,29);2*1H/t15?,16-,17-;;. The van der Waals surface area contributed by atoms with E-state index in [9.17, 15) is 9.59 Å². The van der Waals surface area contributed by atoms with Gasteiger partial charge >= 0.3 is 12.0 Å². The third-order valence-corrected chi connectivity index (χ3v) is 7.00. The molecule has 1 saturated heterocycles. The summed E-state index contributed by atoms with van der Waals surface area (Å²) in [5.74, 6) is 0.426. The summed E-state index contributed by atoms with van der Waals surface area (Å²) in [4.78, 5) is 39.8. The molecule has 2 aliphatic heterocycles. The van der Waals surface area contributed by atoms with E-state index in [-0.39, 0.29) is 49.3 Å². The highest BCUT2D eigenvalue weighted by Gasteiger charge is 2.41. The molecule has 1 saturated carbocycles. The third-order valence-electron chi connectivity index (χ3n) is 7.00. The van der Waals surface area contributed by atoms with Gasteiger partial charge in [-0.05, 0) is 52.0 Å². The van der Waals surface area contributed by atoms with Crippen molar-refractivity contribution in [1.82, 2.24) is 19.8 Å². The number of amides is 2. The molecule has 3 aliphatic rings.